The maximum atomic E-state index is 10.3. The number of carbonyl (C=O) groups is 1. The number of carboxylic acids is 1. The van der Waals surface area contributed by atoms with Crippen molar-refractivity contribution in [3.05, 3.63) is 0 Å². The summed E-state index contributed by atoms with van der Waals surface area (Å²) in [6.45, 7) is 3.48. The molecule has 0 fully saturated rings. The molecular weight excluding hydrogens is 160 g/mol. The largest absolute Gasteiger partial charge is 0.481 e. The monoisotopic (exact) mass is 172 g/mol. The van der Waals surface area contributed by atoms with Gasteiger partial charge in [0.05, 0.1) is 11.7 Å². The second kappa shape index (κ2) is 6.11. The predicted molar refractivity (Wildman–Crippen MR) is 47.6 cm³/mol. The molecule has 62 valence electrons. The molecule has 0 saturated carbocycles. The highest BCUT2D eigenvalue weighted by Crippen LogP contribution is 2.06. The van der Waals surface area contributed by atoms with Crippen LogP contribution in [0.5, 0.6) is 0 Å². The Labute approximate surface area is 71.4 Å². The van der Waals surface area contributed by atoms with Crippen molar-refractivity contribution in [1.29, 1.82) is 0 Å². The molecule has 1 unspecified atom stereocenters. The van der Waals surface area contributed by atoms with E-state index in [2.05, 4.69) is 11.8 Å². The summed E-state index contributed by atoms with van der Waals surface area (Å²) in [4.78, 5) is 10.3. The third kappa shape index (κ3) is 5.81. The van der Waals surface area contributed by atoms with E-state index in [4.69, 9.17) is 5.11 Å². The van der Waals surface area contributed by atoms with Crippen LogP contribution in [-0.2, 0) is 4.79 Å². The van der Waals surface area contributed by atoms with Crippen LogP contribution in [0.2, 0.25) is 0 Å². The van der Waals surface area contributed by atoms with Gasteiger partial charge < -0.3 is 5.11 Å². The van der Waals surface area contributed by atoms with Gasteiger partial charge in [-0.1, -0.05) is 12.8 Å². The number of aliphatic carboxylic acids is 1. The molecule has 0 heterocycles. The smallest absolute Gasteiger partial charge is 0.307 e. The van der Waals surface area contributed by atoms with Crippen molar-refractivity contribution in [3.8, 4) is 11.8 Å². The Bertz CT molecular complexity index is 178. The number of hydrogen-bond acceptors (Lipinski definition) is 2. The molecule has 1 N–H and O–H groups in total. The minimum atomic E-state index is -0.734. The summed E-state index contributed by atoms with van der Waals surface area (Å²) >= 11 is 1.56. The average molecular weight is 172 g/mol. The lowest BCUT2D eigenvalue weighted by molar-refractivity contribution is -0.140. The van der Waals surface area contributed by atoms with E-state index in [0.29, 0.717) is 5.75 Å². The van der Waals surface area contributed by atoms with Gasteiger partial charge in [0.2, 0.25) is 0 Å². The van der Waals surface area contributed by atoms with E-state index in [1.54, 1.807) is 25.6 Å². The molecule has 2 nitrogen and oxygen atoms in total. The first-order valence-corrected chi connectivity index (χ1v) is 4.54. The molecule has 0 aromatic carbocycles. The lowest BCUT2D eigenvalue weighted by atomic mass is 10.2. The zero-order valence-electron chi connectivity index (χ0n) is 6.76. The van der Waals surface area contributed by atoms with Crippen LogP contribution in [0.1, 0.15) is 13.8 Å². The van der Waals surface area contributed by atoms with Crippen LogP contribution in [0.3, 0.4) is 0 Å². The van der Waals surface area contributed by atoms with E-state index in [9.17, 15) is 4.79 Å². The van der Waals surface area contributed by atoms with Crippen molar-refractivity contribution >= 4 is 17.7 Å². The summed E-state index contributed by atoms with van der Waals surface area (Å²) < 4.78 is 0. The van der Waals surface area contributed by atoms with Crippen LogP contribution in [-0.4, -0.2) is 22.6 Å². The molecule has 11 heavy (non-hydrogen) atoms. The first kappa shape index (κ1) is 10.4. The topological polar surface area (TPSA) is 37.3 Å². The minimum Gasteiger partial charge on any atom is -0.481 e. The summed E-state index contributed by atoms with van der Waals surface area (Å²) in [5.74, 6) is 5.99. The highest BCUT2D eigenvalue weighted by molar-refractivity contribution is 7.99. The predicted octanol–water partition coefficient (Wildman–Crippen LogP) is 1.46. The van der Waals surface area contributed by atoms with Crippen LogP contribution in [0.4, 0.5) is 0 Å². The third-order valence-corrected chi connectivity index (χ3v) is 2.22. The van der Waals surface area contributed by atoms with Crippen molar-refractivity contribution in [1.82, 2.24) is 0 Å². The molecular formula is C8H12O2S. The van der Waals surface area contributed by atoms with E-state index < -0.39 is 5.97 Å². The van der Waals surface area contributed by atoms with Crippen molar-refractivity contribution in [2.24, 2.45) is 5.92 Å². The molecule has 1 atom stereocenters. The maximum Gasteiger partial charge on any atom is 0.307 e. The van der Waals surface area contributed by atoms with Gasteiger partial charge in [-0.3, -0.25) is 4.79 Å². The van der Waals surface area contributed by atoms with Gasteiger partial charge >= 0.3 is 5.97 Å². The van der Waals surface area contributed by atoms with Gasteiger partial charge in [0, 0.05) is 5.75 Å². The Morgan fingerprint density at radius 3 is 2.82 bits per heavy atom. The van der Waals surface area contributed by atoms with E-state index in [1.165, 1.54) is 0 Å². The lowest BCUT2D eigenvalue weighted by Crippen LogP contribution is -2.11. The van der Waals surface area contributed by atoms with Gasteiger partial charge in [-0.25, -0.2) is 0 Å². The van der Waals surface area contributed by atoms with E-state index >= 15 is 0 Å². The fourth-order valence-corrected chi connectivity index (χ4v) is 1.29. The summed E-state index contributed by atoms with van der Waals surface area (Å²) in [5, 5.41) is 8.49. The molecule has 0 spiro atoms. The molecule has 0 radical (unpaired) electrons. The van der Waals surface area contributed by atoms with Gasteiger partial charge in [0.25, 0.3) is 0 Å². The van der Waals surface area contributed by atoms with Crippen molar-refractivity contribution < 1.29 is 9.90 Å². The van der Waals surface area contributed by atoms with Crippen LogP contribution >= 0.6 is 11.8 Å². The quantitative estimate of drug-likeness (QED) is 0.515. The van der Waals surface area contributed by atoms with Crippen LogP contribution in [0.15, 0.2) is 0 Å². The Morgan fingerprint density at radius 1 is 1.73 bits per heavy atom. The third-order valence-electron chi connectivity index (χ3n) is 1.14. The SMILES string of the molecule is CC#CCSCC(C)C(=O)O. The number of carboxylic acid groups (broad SMARTS) is 1. The van der Waals surface area contributed by atoms with Crippen molar-refractivity contribution in [2.75, 3.05) is 11.5 Å². The molecule has 0 aromatic heterocycles. The molecule has 3 heteroatoms. The molecule has 0 aromatic rings. The van der Waals surface area contributed by atoms with E-state index in [0.717, 1.165) is 5.75 Å². The van der Waals surface area contributed by atoms with Crippen LogP contribution < -0.4 is 0 Å². The Kier molecular flexibility index (Phi) is 5.77. The highest BCUT2D eigenvalue weighted by atomic mass is 32.2. The van der Waals surface area contributed by atoms with Crippen LogP contribution in [0, 0.1) is 17.8 Å². The first-order valence-electron chi connectivity index (χ1n) is 3.38. The first-order chi connectivity index (χ1) is 5.18. The van der Waals surface area contributed by atoms with Gasteiger partial charge in [-0.15, -0.1) is 17.7 Å². The van der Waals surface area contributed by atoms with E-state index in [-0.39, 0.29) is 5.92 Å². The number of rotatable bonds is 4. The zero-order valence-corrected chi connectivity index (χ0v) is 7.57. The second-order valence-corrected chi connectivity index (χ2v) is 3.21. The summed E-state index contributed by atoms with van der Waals surface area (Å²) in [6.07, 6.45) is 0. The van der Waals surface area contributed by atoms with Gasteiger partial charge in [-0.05, 0) is 6.92 Å². The Hall–Kier alpha value is -0.620. The number of thioether (sulfide) groups is 1. The maximum absolute atomic E-state index is 10.3. The molecule has 0 aliphatic carbocycles. The molecule has 0 saturated heterocycles. The fourth-order valence-electron chi connectivity index (χ4n) is 0.430. The Balaban J connectivity index is 3.36. The van der Waals surface area contributed by atoms with Crippen molar-refractivity contribution in [3.63, 3.8) is 0 Å². The zero-order chi connectivity index (χ0) is 8.69. The average Bonchev–Trinajstić information content (AvgIpc) is 1.97. The number of hydrogen-bond donors (Lipinski definition) is 1. The van der Waals surface area contributed by atoms with Gasteiger partial charge in [0.1, 0.15) is 0 Å². The van der Waals surface area contributed by atoms with E-state index in [1.807, 2.05) is 0 Å². The second-order valence-electron chi connectivity index (χ2n) is 2.18. The molecule has 0 amide bonds. The Morgan fingerprint density at radius 2 is 2.36 bits per heavy atom. The summed E-state index contributed by atoms with van der Waals surface area (Å²) in [5.41, 5.74) is 0. The molecule has 0 aliphatic rings. The highest BCUT2D eigenvalue weighted by Gasteiger charge is 2.09. The standard InChI is InChI=1S/C8H12O2S/c1-3-4-5-11-6-7(2)8(9)10/h7H,5-6H2,1-2H3,(H,9,10). The molecule has 0 bridgehead atoms. The molecule has 0 rings (SSSR count). The van der Waals surface area contributed by atoms with Crippen LogP contribution in [0.25, 0.3) is 0 Å². The summed E-state index contributed by atoms with van der Waals surface area (Å²) in [7, 11) is 0. The van der Waals surface area contributed by atoms with Gasteiger partial charge in [0.15, 0.2) is 0 Å². The normalized spacial score (nSPS) is 11.5. The van der Waals surface area contributed by atoms with Gasteiger partial charge in [-0.2, -0.15) is 0 Å². The fraction of sp³-hybridized carbons (Fsp3) is 0.625. The van der Waals surface area contributed by atoms with Crippen molar-refractivity contribution in [2.45, 2.75) is 13.8 Å². The minimum absolute atomic E-state index is 0.265. The lowest BCUT2D eigenvalue weighted by Gasteiger charge is -2.01. The summed E-state index contributed by atoms with van der Waals surface area (Å²) in [6, 6.07) is 0. The molecule has 0 aliphatic heterocycles.